The Balaban J connectivity index is 1.28. The Hall–Kier alpha value is -2.92. The summed E-state index contributed by atoms with van der Waals surface area (Å²) in [6, 6.07) is 7.42. The number of ether oxygens (including phenoxy) is 1. The van der Waals surface area contributed by atoms with Crippen molar-refractivity contribution in [3.8, 4) is 17.1 Å². The molecule has 0 unspecified atom stereocenters. The van der Waals surface area contributed by atoms with E-state index in [1.165, 1.54) is 12.4 Å². The Kier molecular flexibility index (Phi) is 6.23. The van der Waals surface area contributed by atoms with E-state index >= 15 is 0 Å². The summed E-state index contributed by atoms with van der Waals surface area (Å²) in [6.07, 6.45) is -1.48. The van der Waals surface area contributed by atoms with Gasteiger partial charge in [0, 0.05) is 44.1 Å². The van der Waals surface area contributed by atoms with Crippen molar-refractivity contribution >= 4 is 0 Å². The van der Waals surface area contributed by atoms with Crippen LogP contribution in [0.15, 0.2) is 41.2 Å². The highest BCUT2D eigenvalue weighted by molar-refractivity contribution is 5.55. The van der Waals surface area contributed by atoms with Gasteiger partial charge in [0.05, 0.1) is 20.2 Å². The monoisotopic (exact) mass is 436 g/mol. The summed E-state index contributed by atoms with van der Waals surface area (Å²) in [6.45, 7) is 2.84. The first-order chi connectivity index (χ1) is 14.9. The van der Waals surface area contributed by atoms with Crippen LogP contribution in [-0.2, 0) is 19.6 Å². The first-order valence-electron chi connectivity index (χ1n) is 9.88. The molecule has 3 heterocycles. The average molecular weight is 436 g/mol. The molecule has 1 aliphatic heterocycles. The molecule has 0 radical (unpaired) electrons. The summed E-state index contributed by atoms with van der Waals surface area (Å²) in [5.74, 6) is 2.23. The molecule has 166 valence electrons. The van der Waals surface area contributed by atoms with E-state index in [0.29, 0.717) is 30.6 Å². The average Bonchev–Trinajstić information content (AvgIpc) is 3.38. The number of benzene rings is 1. The summed E-state index contributed by atoms with van der Waals surface area (Å²) in [5, 5.41) is 4.04. The number of methoxy groups -OCH3 is 1. The molecule has 1 saturated heterocycles. The van der Waals surface area contributed by atoms with Crippen LogP contribution in [0.25, 0.3) is 11.4 Å². The normalized spacial score (nSPS) is 16.0. The lowest BCUT2D eigenvalue weighted by molar-refractivity contribution is -0.141. The Morgan fingerprint density at radius 3 is 2.35 bits per heavy atom. The molecule has 0 spiro atoms. The third kappa shape index (κ3) is 5.61. The predicted molar refractivity (Wildman–Crippen MR) is 105 cm³/mol. The molecule has 11 heteroatoms. The van der Waals surface area contributed by atoms with Crippen LogP contribution in [0, 0.1) is 0 Å². The zero-order valence-corrected chi connectivity index (χ0v) is 17.0. The minimum Gasteiger partial charge on any atom is -0.497 e. The van der Waals surface area contributed by atoms with Crippen LogP contribution in [0.2, 0.25) is 0 Å². The van der Waals surface area contributed by atoms with E-state index in [-0.39, 0.29) is 0 Å². The van der Waals surface area contributed by atoms with Crippen molar-refractivity contribution in [2.45, 2.75) is 25.8 Å². The molecule has 3 aromatic rings. The molecule has 2 aromatic heterocycles. The SMILES string of the molecule is COc1ccc(-c2noc(CN3CCN(Cc4nccn4CC(F)(F)F)CC3)n2)cc1. The van der Waals surface area contributed by atoms with Crippen molar-refractivity contribution in [3.63, 3.8) is 0 Å². The van der Waals surface area contributed by atoms with Crippen molar-refractivity contribution in [1.82, 2.24) is 29.5 Å². The molecular weight excluding hydrogens is 413 g/mol. The van der Waals surface area contributed by atoms with E-state index in [4.69, 9.17) is 9.26 Å². The van der Waals surface area contributed by atoms with Crippen molar-refractivity contribution in [2.75, 3.05) is 33.3 Å². The Bertz CT molecular complexity index is 977. The number of halogens is 3. The maximum Gasteiger partial charge on any atom is 0.406 e. The van der Waals surface area contributed by atoms with Crippen molar-refractivity contribution in [2.24, 2.45) is 0 Å². The molecule has 8 nitrogen and oxygen atoms in total. The van der Waals surface area contributed by atoms with Crippen molar-refractivity contribution in [3.05, 3.63) is 48.4 Å². The predicted octanol–water partition coefficient (Wildman–Crippen LogP) is 2.82. The molecule has 0 bridgehead atoms. The highest BCUT2D eigenvalue weighted by atomic mass is 19.4. The summed E-state index contributed by atoms with van der Waals surface area (Å²) in [7, 11) is 1.61. The quantitative estimate of drug-likeness (QED) is 0.564. The Morgan fingerprint density at radius 2 is 1.71 bits per heavy atom. The van der Waals surface area contributed by atoms with E-state index < -0.39 is 12.7 Å². The first kappa shape index (κ1) is 21.3. The van der Waals surface area contributed by atoms with Gasteiger partial charge in [-0.1, -0.05) is 5.16 Å². The Labute approximate surface area is 177 Å². The standard InChI is InChI=1S/C20H23F3N6O2/c1-30-16-4-2-15(3-5-16)19-25-18(31-26-19)13-28-10-8-27(9-11-28)12-17-24-6-7-29(17)14-20(21,22)23/h2-7H,8-14H2,1H3. The van der Waals surface area contributed by atoms with Gasteiger partial charge in [-0.3, -0.25) is 9.80 Å². The third-order valence-electron chi connectivity index (χ3n) is 5.16. The molecule has 0 saturated carbocycles. The van der Waals surface area contributed by atoms with Crippen LogP contribution in [0.1, 0.15) is 11.7 Å². The molecule has 1 aromatic carbocycles. The van der Waals surface area contributed by atoms with Gasteiger partial charge in [-0.25, -0.2) is 4.98 Å². The summed E-state index contributed by atoms with van der Waals surface area (Å²) >= 11 is 0. The summed E-state index contributed by atoms with van der Waals surface area (Å²) in [5.41, 5.74) is 0.843. The number of piperazine rings is 1. The second kappa shape index (κ2) is 9.06. The largest absolute Gasteiger partial charge is 0.497 e. The van der Waals surface area contributed by atoms with Gasteiger partial charge in [0.2, 0.25) is 11.7 Å². The zero-order valence-electron chi connectivity index (χ0n) is 17.0. The number of nitrogens with zero attached hydrogens (tertiary/aromatic N) is 6. The van der Waals surface area contributed by atoms with Gasteiger partial charge >= 0.3 is 6.18 Å². The molecule has 0 atom stereocenters. The van der Waals surface area contributed by atoms with Gasteiger partial charge < -0.3 is 13.8 Å². The number of hydrogen-bond acceptors (Lipinski definition) is 7. The van der Waals surface area contributed by atoms with E-state index in [9.17, 15) is 13.2 Å². The van der Waals surface area contributed by atoms with Gasteiger partial charge in [-0.15, -0.1) is 0 Å². The molecule has 1 aliphatic rings. The molecule has 31 heavy (non-hydrogen) atoms. The van der Waals surface area contributed by atoms with Crippen LogP contribution in [-0.4, -0.2) is 69.0 Å². The maximum atomic E-state index is 12.7. The molecular formula is C20H23F3N6O2. The molecule has 0 aliphatic carbocycles. The van der Waals surface area contributed by atoms with Crippen LogP contribution in [0.4, 0.5) is 13.2 Å². The lowest BCUT2D eigenvalue weighted by Crippen LogP contribution is -2.45. The molecule has 1 fully saturated rings. The van der Waals surface area contributed by atoms with Crippen LogP contribution < -0.4 is 4.74 Å². The number of rotatable bonds is 7. The van der Waals surface area contributed by atoms with Crippen molar-refractivity contribution < 1.29 is 22.4 Å². The fourth-order valence-electron chi connectivity index (χ4n) is 3.50. The highest BCUT2D eigenvalue weighted by Gasteiger charge is 2.29. The smallest absolute Gasteiger partial charge is 0.406 e. The minimum absolute atomic E-state index is 0.388. The molecule has 0 amide bonds. The molecule has 0 N–H and O–H groups in total. The van der Waals surface area contributed by atoms with Gasteiger partial charge in [0.25, 0.3) is 0 Å². The fraction of sp³-hybridized carbons (Fsp3) is 0.450. The lowest BCUT2D eigenvalue weighted by atomic mass is 10.2. The van der Waals surface area contributed by atoms with Gasteiger partial charge in [0.1, 0.15) is 18.1 Å². The third-order valence-corrected chi connectivity index (χ3v) is 5.16. The van der Waals surface area contributed by atoms with E-state index in [2.05, 4.69) is 24.9 Å². The van der Waals surface area contributed by atoms with Crippen LogP contribution >= 0.6 is 0 Å². The lowest BCUT2D eigenvalue weighted by Gasteiger charge is -2.33. The number of imidazole rings is 1. The van der Waals surface area contributed by atoms with Crippen molar-refractivity contribution in [1.29, 1.82) is 0 Å². The second-order valence-corrected chi connectivity index (χ2v) is 7.38. The van der Waals surface area contributed by atoms with E-state index in [0.717, 1.165) is 42.1 Å². The first-order valence-corrected chi connectivity index (χ1v) is 9.88. The Morgan fingerprint density at radius 1 is 1.03 bits per heavy atom. The molecule has 4 rings (SSSR count). The van der Waals surface area contributed by atoms with Gasteiger partial charge in [-0.2, -0.15) is 18.2 Å². The minimum atomic E-state index is -4.26. The second-order valence-electron chi connectivity index (χ2n) is 7.38. The number of alkyl halides is 3. The maximum absolute atomic E-state index is 12.7. The van der Waals surface area contributed by atoms with E-state index in [1.807, 2.05) is 24.3 Å². The van der Waals surface area contributed by atoms with Crippen LogP contribution in [0.5, 0.6) is 5.75 Å². The number of hydrogen-bond donors (Lipinski definition) is 0. The topological polar surface area (TPSA) is 72.5 Å². The van der Waals surface area contributed by atoms with Crippen LogP contribution in [0.3, 0.4) is 0 Å². The summed E-state index contributed by atoms with van der Waals surface area (Å²) < 4.78 is 49.7. The van der Waals surface area contributed by atoms with Gasteiger partial charge in [0.15, 0.2) is 0 Å². The highest BCUT2D eigenvalue weighted by Crippen LogP contribution is 2.21. The van der Waals surface area contributed by atoms with Gasteiger partial charge in [-0.05, 0) is 24.3 Å². The van der Waals surface area contributed by atoms with E-state index in [1.54, 1.807) is 7.11 Å². The fourth-order valence-corrected chi connectivity index (χ4v) is 3.50. The zero-order chi connectivity index (χ0) is 21.8. The number of aromatic nitrogens is 4. The summed E-state index contributed by atoms with van der Waals surface area (Å²) in [4.78, 5) is 12.8.